The number of amides is 1. The third-order valence-electron chi connectivity index (χ3n) is 3.87. The maximum absolute atomic E-state index is 12.0. The molecule has 1 amide bonds. The zero-order chi connectivity index (χ0) is 14.9. The van der Waals surface area contributed by atoms with Gasteiger partial charge in [0.15, 0.2) is 10.4 Å². The Labute approximate surface area is 131 Å². The number of carbonyl (C=O) groups is 1. The molecule has 1 aromatic heterocycles. The van der Waals surface area contributed by atoms with E-state index in [4.69, 9.17) is 4.42 Å². The Kier molecular flexibility index (Phi) is 3.87. The number of furan rings is 1. The number of aliphatic hydroxyl groups is 1. The van der Waals surface area contributed by atoms with E-state index in [0.717, 1.165) is 12.0 Å². The fraction of sp³-hybridized carbons (Fsp3) is 0.312. The molecule has 0 saturated heterocycles. The summed E-state index contributed by atoms with van der Waals surface area (Å²) in [5.41, 5.74) is 1.54. The van der Waals surface area contributed by atoms with Crippen molar-refractivity contribution in [2.45, 2.75) is 24.9 Å². The van der Waals surface area contributed by atoms with E-state index in [1.807, 2.05) is 18.2 Å². The molecule has 0 fully saturated rings. The van der Waals surface area contributed by atoms with Crippen molar-refractivity contribution in [3.05, 3.63) is 58.0 Å². The van der Waals surface area contributed by atoms with Gasteiger partial charge in [-0.1, -0.05) is 24.3 Å². The Hall–Kier alpha value is -1.59. The Morgan fingerprint density at radius 2 is 2.05 bits per heavy atom. The molecule has 0 bridgehead atoms. The van der Waals surface area contributed by atoms with Gasteiger partial charge in [0.25, 0.3) is 5.91 Å². The fourth-order valence-electron chi connectivity index (χ4n) is 2.70. The molecule has 1 aromatic carbocycles. The Morgan fingerprint density at radius 3 is 2.76 bits per heavy atom. The highest BCUT2D eigenvalue weighted by Gasteiger charge is 2.32. The minimum absolute atomic E-state index is 0.221. The number of carbonyl (C=O) groups excluding carboxylic acids is 1. The molecule has 0 spiro atoms. The molecular formula is C16H16BrNO3. The number of aryl methyl sites for hydroxylation is 1. The van der Waals surface area contributed by atoms with Crippen molar-refractivity contribution in [3.8, 4) is 0 Å². The predicted octanol–water partition coefficient (Wildman–Crippen LogP) is 2.69. The van der Waals surface area contributed by atoms with E-state index in [1.54, 1.807) is 12.1 Å². The van der Waals surface area contributed by atoms with Crippen molar-refractivity contribution in [3.63, 3.8) is 0 Å². The molecule has 2 aromatic rings. The third-order valence-corrected chi connectivity index (χ3v) is 4.30. The van der Waals surface area contributed by atoms with Crippen LogP contribution in [0, 0.1) is 0 Å². The molecule has 2 N–H and O–H groups in total. The summed E-state index contributed by atoms with van der Waals surface area (Å²) >= 11 is 3.16. The summed E-state index contributed by atoms with van der Waals surface area (Å²) in [6.07, 6.45) is 2.03. The van der Waals surface area contributed by atoms with Gasteiger partial charge in [-0.05, 0) is 52.0 Å². The van der Waals surface area contributed by atoms with Gasteiger partial charge in [-0.15, -0.1) is 0 Å². The lowest BCUT2D eigenvalue weighted by atomic mass is 9.80. The zero-order valence-corrected chi connectivity index (χ0v) is 13.0. The molecule has 1 aliphatic rings. The summed E-state index contributed by atoms with van der Waals surface area (Å²) in [4.78, 5) is 12.0. The first kappa shape index (κ1) is 14.4. The van der Waals surface area contributed by atoms with Gasteiger partial charge >= 0.3 is 0 Å². The van der Waals surface area contributed by atoms with Crippen LogP contribution in [0.5, 0.6) is 0 Å². The molecule has 21 heavy (non-hydrogen) atoms. The summed E-state index contributed by atoms with van der Waals surface area (Å²) in [7, 11) is 0. The van der Waals surface area contributed by atoms with Crippen molar-refractivity contribution >= 4 is 21.8 Å². The number of fused-ring (bicyclic) bond motifs is 1. The summed E-state index contributed by atoms with van der Waals surface area (Å²) < 4.78 is 5.71. The minimum atomic E-state index is -0.895. The van der Waals surface area contributed by atoms with Gasteiger partial charge < -0.3 is 14.8 Å². The number of nitrogens with one attached hydrogen (secondary N) is 1. The van der Waals surface area contributed by atoms with E-state index >= 15 is 0 Å². The van der Waals surface area contributed by atoms with Gasteiger partial charge in [0.1, 0.15) is 0 Å². The molecule has 1 atom stereocenters. The molecule has 110 valence electrons. The summed E-state index contributed by atoms with van der Waals surface area (Å²) in [5.74, 6) is -0.0744. The molecule has 5 heteroatoms. The van der Waals surface area contributed by atoms with E-state index < -0.39 is 5.60 Å². The monoisotopic (exact) mass is 349 g/mol. The molecule has 4 nitrogen and oxygen atoms in total. The maximum Gasteiger partial charge on any atom is 0.287 e. The van der Waals surface area contributed by atoms with E-state index in [2.05, 4.69) is 27.3 Å². The van der Waals surface area contributed by atoms with Gasteiger partial charge in [0, 0.05) is 13.0 Å². The summed E-state index contributed by atoms with van der Waals surface area (Å²) in [5, 5.41) is 13.4. The molecule has 0 unspecified atom stereocenters. The maximum atomic E-state index is 12.0. The van der Waals surface area contributed by atoms with Crippen molar-refractivity contribution in [1.82, 2.24) is 5.32 Å². The Morgan fingerprint density at radius 1 is 1.29 bits per heavy atom. The second-order valence-corrected chi connectivity index (χ2v) is 6.24. The van der Waals surface area contributed by atoms with Crippen molar-refractivity contribution in [2.24, 2.45) is 0 Å². The largest absolute Gasteiger partial charge is 0.444 e. The lowest BCUT2D eigenvalue weighted by molar-refractivity contribution is 0.0256. The first-order chi connectivity index (χ1) is 10.1. The second kappa shape index (κ2) is 5.66. The van der Waals surface area contributed by atoms with Crippen LogP contribution in [0.4, 0.5) is 0 Å². The van der Waals surface area contributed by atoms with Gasteiger partial charge in [0.2, 0.25) is 0 Å². The molecule has 1 heterocycles. The normalized spacial score (nSPS) is 20.9. The van der Waals surface area contributed by atoms with Crippen molar-refractivity contribution in [1.29, 1.82) is 0 Å². The van der Waals surface area contributed by atoms with Crippen molar-refractivity contribution < 1.29 is 14.3 Å². The molecule has 0 saturated carbocycles. The van der Waals surface area contributed by atoms with Crippen molar-refractivity contribution in [2.75, 3.05) is 6.54 Å². The average Bonchev–Trinajstić information content (AvgIpc) is 2.91. The lowest BCUT2D eigenvalue weighted by Gasteiger charge is -2.33. The summed E-state index contributed by atoms with van der Waals surface area (Å²) in [6, 6.07) is 11.4. The van der Waals surface area contributed by atoms with Crippen LogP contribution in [0.1, 0.15) is 28.1 Å². The number of rotatable bonds is 3. The van der Waals surface area contributed by atoms with Crippen LogP contribution in [0.25, 0.3) is 0 Å². The van der Waals surface area contributed by atoms with Crippen LogP contribution in [0.15, 0.2) is 45.5 Å². The van der Waals surface area contributed by atoms with Crippen LogP contribution < -0.4 is 5.32 Å². The summed E-state index contributed by atoms with van der Waals surface area (Å²) in [6.45, 7) is 0.221. The van der Waals surface area contributed by atoms with E-state index in [1.165, 1.54) is 5.56 Å². The van der Waals surface area contributed by atoms with E-state index in [-0.39, 0.29) is 18.2 Å². The number of hydrogen-bond donors (Lipinski definition) is 2. The topological polar surface area (TPSA) is 62.5 Å². The SMILES string of the molecule is O=C(NC[C@@]1(O)CCc2ccccc2C1)c1ccc(Br)o1. The van der Waals surface area contributed by atoms with Gasteiger partial charge in [-0.25, -0.2) is 0 Å². The smallest absolute Gasteiger partial charge is 0.287 e. The fourth-order valence-corrected chi connectivity index (χ4v) is 3.01. The van der Waals surface area contributed by atoms with Crippen LogP contribution in [-0.2, 0) is 12.8 Å². The lowest BCUT2D eigenvalue weighted by Crippen LogP contribution is -2.46. The standard InChI is InChI=1S/C16H16BrNO3/c17-14-6-5-13(21-14)15(19)18-10-16(20)8-7-11-3-1-2-4-12(11)9-16/h1-6,20H,7-10H2,(H,18,19)/t16-/m1/s1. The predicted molar refractivity (Wildman–Crippen MR) is 82.2 cm³/mol. The molecule has 0 radical (unpaired) electrons. The highest BCUT2D eigenvalue weighted by molar-refractivity contribution is 9.10. The quantitative estimate of drug-likeness (QED) is 0.895. The van der Waals surface area contributed by atoms with Gasteiger partial charge in [-0.2, -0.15) is 0 Å². The van der Waals surface area contributed by atoms with E-state index in [0.29, 0.717) is 17.5 Å². The molecule has 3 rings (SSSR count). The van der Waals surface area contributed by atoms with Crippen LogP contribution in [0.2, 0.25) is 0 Å². The Balaban J connectivity index is 1.64. The highest BCUT2D eigenvalue weighted by atomic mass is 79.9. The highest BCUT2D eigenvalue weighted by Crippen LogP contribution is 2.28. The first-order valence-electron chi connectivity index (χ1n) is 6.88. The van der Waals surface area contributed by atoms with Gasteiger partial charge in [-0.3, -0.25) is 4.79 Å². The molecule has 0 aliphatic heterocycles. The first-order valence-corrected chi connectivity index (χ1v) is 7.68. The average molecular weight is 350 g/mol. The third kappa shape index (κ3) is 3.19. The van der Waals surface area contributed by atoms with Crippen LogP contribution in [-0.4, -0.2) is 23.2 Å². The molecule has 1 aliphatic carbocycles. The van der Waals surface area contributed by atoms with Crippen LogP contribution >= 0.6 is 15.9 Å². The zero-order valence-electron chi connectivity index (χ0n) is 11.4. The number of hydrogen-bond acceptors (Lipinski definition) is 3. The molecular weight excluding hydrogens is 334 g/mol. The number of benzene rings is 1. The van der Waals surface area contributed by atoms with Crippen LogP contribution in [0.3, 0.4) is 0 Å². The Bertz CT molecular complexity index is 667. The van der Waals surface area contributed by atoms with Gasteiger partial charge in [0.05, 0.1) is 5.60 Å². The minimum Gasteiger partial charge on any atom is -0.444 e. The van der Waals surface area contributed by atoms with E-state index in [9.17, 15) is 9.90 Å². The number of halogens is 1. The second-order valence-electron chi connectivity index (χ2n) is 5.46.